The number of hydrogen-bond acceptors (Lipinski definition) is 4. The standard InChI is InChI=1S/C16H17ClN2O3/c17-15-14(7-4-8-18-15)11-19(9-10-20)16(21)22-12-13-5-2-1-3-6-13/h1-8,20H,9-12H2. The highest BCUT2D eigenvalue weighted by atomic mass is 35.5. The molecule has 1 heterocycles. The van der Waals surface area contributed by atoms with E-state index < -0.39 is 6.09 Å². The quantitative estimate of drug-likeness (QED) is 0.831. The number of aromatic nitrogens is 1. The van der Waals surface area contributed by atoms with E-state index in [2.05, 4.69) is 4.98 Å². The van der Waals surface area contributed by atoms with E-state index in [1.807, 2.05) is 30.3 Å². The van der Waals surface area contributed by atoms with Gasteiger partial charge in [0.1, 0.15) is 11.8 Å². The van der Waals surface area contributed by atoms with Gasteiger partial charge in [0.05, 0.1) is 13.2 Å². The Morgan fingerprint density at radius 1 is 1.23 bits per heavy atom. The number of pyridine rings is 1. The zero-order valence-electron chi connectivity index (χ0n) is 12.0. The van der Waals surface area contributed by atoms with Crippen LogP contribution in [0.1, 0.15) is 11.1 Å². The minimum absolute atomic E-state index is 0.154. The molecule has 1 amide bonds. The van der Waals surface area contributed by atoms with Crippen molar-refractivity contribution in [2.45, 2.75) is 13.2 Å². The van der Waals surface area contributed by atoms with Crippen molar-refractivity contribution < 1.29 is 14.6 Å². The lowest BCUT2D eigenvalue weighted by Crippen LogP contribution is -2.33. The van der Waals surface area contributed by atoms with Crippen molar-refractivity contribution in [3.8, 4) is 0 Å². The van der Waals surface area contributed by atoms with Gasteiger partial charge in [-0.15, -0.1) is 0 Å². The largest absolute Gasteiger partial charge is 0.445 e. The molecule has 5 nitrogen and oxygen atoms in total. The summed E-state index contributed by atoms with van der Waals surface area (Å²) >= 11 is 5.99. The summed E-state index contributed by atoms with van der Waals surface area (Å²) in [6, 6.07) is 12.9. The van der Waals surface area contributed by atoms with Gasteiger partial charge in [-0.1, -0.05) is 48.0 Å². The van der Waals surface area contributed by atoms with Crippen LogP contribution in [0.15, 0.2) is 48.7 Å². The summed E-state index contributed by atoms with van der Waals surface area (Å²) in [4.78, 5) is 17.5. The molecule has 0 spiro atoms. The Labute approximate surface area is 134 Å². The molecule has 0 radical (unpaired) electrons. The maximum atomic E-state index is 12.2. The van der Waals surface area contributed by atoms with Gasteiger partial charge < -0.3 is 14.7 Å². The molecule has 0 fully saturated rings. The van der Waals surface area contributed by atoms with Gasteiger partial charge in [-0.2, -0.15) is 0 Å². The van der Waals surface area contributed by atoms with Crippen molar-refractivity contribution in [3.63, 3.8) is 0 Å². The first-order chi connectivity index (χ1) is 10.7. The van der Waals surface area contributed by atoms with Gasteiger partial charge in [-0.3, -0.25) is 0 Å². The molecule has 1 N–H and O–H groups in total. The van der Waals surface area contributed by atoms with E-state index in [1.54, 1.807) is 18.3 Å². The molecular formula is C16H17ClN2O3. The highest BCUT2D eigenvalue weighted by Crippen LogP contribution is 2.15. The second kappa shape index (κ2) is 8.36. The van der Waals surface area contributed by atoms with E-state index in [4.69, 9.17) is 21.4 Å². The fourth-order valence-corrected chi connectivity index (χ4v) is 2.09. The Kier molecular flexibility index (Phi) is 6.18. The Hall–Kier alpha value is -2.11. The zero-order valence-corrected chi connectivity index (χ0v) is 12.7. The highest BCUT2D eigenvalue weighted by Gasteiger charge is 2.16. The van der Waals surface area contributed by atoms with Crippen LogP contribution in [0.2, 0.25) is 5.15 Å². The van der Waals surface area contributed by atoms with Crippen molar-refractivity contribution in [2.24, 2.45) is 0 Å². The first-order valence-electron chi connectivity index (χ1n) is 6.86. The second-order valence-corrected chi connectivity index (χ2v) is 5.00. The summed E-state index contributed by atoms with van der Waals surface area (Å²) in [7, 11) is 0. The zero-order chi connectivity index (χ0) is 15.8. The Bertz CT molecular complexity index is 607. The lowest BCUT2D eigenvalue weighted by molar-refractivity contribution is 0.0858. The smallest absolute Gasteiger partial charge is 0.410 e. The average Bonchev–Trinajstić information content (AvgIpc) is 2.55. The van der Waals surface area contributed by atoms with Crippen LogP contribution in [0, 0.1) is 0 Å². The monoisotopic (exact) mass is 320 g/mol. The van der Waals surface area contributed by atoms with Gasteiger partial charge in [0, 0.05) is 18.3 Å². The summed E-state index contributed by atoms with van der Waals surface area (Å²) in [5.41, 5.74) is 1.61. The molecule has 0 aliphatic rings. The maximum Gasteiger partial charge on any atom is 0.410 e. The molecule has 0 saturated carbocycles. The number of hydrogen-bond donors (Lipinski definition) is 1. The van der Waals surface area contributed by atoms with Crippen LogP contribution in [-0.4, -0.2) is 34.2 Å². The topological polar surface area (TPSA) is 62.7 Å². The molecule has 0 atom stereocenters. The van der Waals surface area contributed by atoms with Crippen molar-refractivity contribution >= 4 is 17.7 Å². The van der Waals surface area contributed by atoms with Crippen LogP contribution in [0.4, 0.5) is 4.79 Å². The van der Waals surface area contributed by atoms with Gasteiger partial charge in [-0.05, 0) is 11.6 Å². The minimum Gasteiger partial charge on any atom is -0.445 e. The maximum absolute atomic E-state index is 12.2. The van der Waals surface area contributed by atoms with E-state index in [9.17, 15) is 4.79 Å². The molecule has 0 unspecified atom stereocenters. The molecule has 0 aliphatic carbocycles. The normalized spacial score (nSPS) is 10.3. The Balaban J connectivity index is 1.98. The van der Waals surface area contributed by atoms with Gasteiger partial charge in [-0.25, -0.2) is 9.78 Å². The number of ether oxygens (including phenoxy) is 1. The number of carbonyl (C=O) groups is 1. The Morgan fingerprint density at radius 2 is 2.00 bits per heavy atom. The third kappa shape index (κ3) is 4.72. The number of nitrogens with zero attached hydrogens (tertiary/aromatic N) is 2. The van der Waals surface area contributed by atoms with Crippen LogP contribution in [0.3, 0.4) is 0 Å². The summed E-state index contributed by atoms with van der Waals surface area (Å²) in [6.07, 6.45) is 1.08. The molecular weight excluding hydrogens is 304 g/mol. The molecule has 2 rings (SSSR count). The number of aliphatic hydroxyl groups is 1. The van der Waals surface area contributed by atoms with Crippen LogP contribution in [0.25, 0.3) is 0 Å². The summed E-state index contributed by atoms with van der Waals surface area (Å²) in [5.74, 6) is 0. The van der Waals surface area contributed by atoms with Crippen molar-refractivity contribution in [1.82, 2.24) is 9.88 Å². The Morgan fingerprint density at radius 3 is 2.68 bits per heavy atom. The van der Waals surface area contributed by atoms with E-state index in [0.717, 1.165) is 5.56 Å². The van der Waals surface area contributed by atoms with E-state index in [1.165, 1.54) is 4.90 Å². The summed E-state index contributed by atoms with van der Waals surface area (Å²) in [6.45, 7) is 0.431. The number of aliphatic hydroxyl groups excluding tert-OH is 1. The highest BCUT2D eigenvalue weighted by molar-refractivity contribution is 6.30. The molecule has 1 aromatic heterocycles. The number of halogens is 1. The first-order valence-corrected chi connectivity index (χ1v) is 7.24. The molecule has 0 saturated heterocycles. The molecule has 116 valence electrons. The van der Waals surface area contributed by atoms with Crippen molar-refractivity contribution in [2.75, 3.05) is 13.2 Å². The lowest BCUT2D eigenvalue weighted by atomic mass is 10.2. The van der Waals surface area contributed by atoms with Gasteiger partial charge in [0.25, 0.3) is 0 Å². The van der Waals surface area contributed by atoms with Crippen LogP contribution in [-0.2, 0) is 17.9 Å². The van der Waals surface area contributed by atoms with Crippen molar-refractivity contribution in [3.05, 3.63) is 64.9 Å². The van der Waals surface area contributed by atoms with Gasteiger partial charge >= 0.3 is 6.09 Å². The van der Waals surface area contributed by atoms with Gasteiger partial charge in [0.2, 0.25) is 0 Å². The summed E-state index contributed by atoms with van der Waals surface area (Å²) in [5, 5.41) is 9.45. The molecule has 6 heteroatoms. The second-order valence-electron chi connectivity index (χ2n) is 4.64. The van der Waals surface area contributed by atoms with Crippen LogP contribution < -0.4 is 0 Å². The third-order valence-electron chi connectivity index (χ3n) is 3.03. The molecule has 22 heavy (non-hydrogen) atoms. The molecule has 1 aromatic carbocycles. The van der Waals surface area contributed by atoms with Gasteiger partial charge in [0.15, 0.2) is 0 Å². The molecule has 0 aliphatic heterocycles. The minimum atomic E-state index is -0.502. The average molecular weight is 321 g/mol. The number of benzene rings is 1. The third-order valence-corrected chi connectivity index (χ3v) is 3.37. The molecule has 0 bridgehead atoms. The van der Waals surface area contributed by atoms with E-state index in [-0.39, 0.29) is 26.3 Å². The predicted molar refractivity (Wildman–Crippen MR) is 83.4 cm³/mol. The predicted octanol–water partition coefficient (Wildman–Crippen LogP) is 2.87. The lowest BCUT2D eigenvalue weighted by Gasteiger charge is -2.21. The molecule has 2 aromatic rings. The van der Waals surface area contributed by atoms with E-state index >= 15 is 0 Å². The van der Waals surface area contributed by atoms with Crippen molar-refractivity contribution in [1.29, 1.82) is 0 Å². The first kappa shape index (κ1) is 16.3. The fourth-order valence-electron chi connectivity index (χ4n) is 1.91. The number of amides is 1. The fraction of sp³-hybridized carbons (Fsp3) is 0.250. The van der Waals surface area contributed by atoms with Crippen LogP contribution in [0.5, 0.6) is 0 Å². The van der Waals surface area contributed by atoms with Crippen LogP contribution >= 0.6 is 11.6 Å². The number of carbonyl (C=O) groups excluding carboxylic acids is 1. The number of rotatable bonds is 6. The SMILES string of the molecule is O=C(OCc1ccccc1)N(CCO)Cc1cccnc1Cl. The van der Waals surface area contributed by atoms with E-state index in [0.29, 0.717) is 10.7 Å². The summed E-state index contributed by atoms with van der Waals surface area (Å²) < 4.78 is 5.27.